The average Bonchev–Trinajstić information content (AvgIpc) is 2.94. The molecule has 110 valence electrons. The van der Waals surface area contributed by atoms with Crippen molar-refractivity contribution in [3.05, 3.63) is 47.3 Å². The van der Waals surface area contributed by atoms with E-state index in [9.17, 15) is 4.79 Å². The molecule has 0 aromatic carbocycles. The van der Waals surface area contributed by atoms with Crippen molar-refractivity contribution in [1.82, 2.24) is 19.4 Å². The minimum Gasteiger partial charge on any atom is -0.341 e. The van der Waals surface area contributed by atoms with Gasteiger partial charge in [-0.15, -0.1) is 0 Å². The maximum absolute atomic E-state index is 12.4. The zero-order valence-corrected chi connectivity index (χ0v) is 12.6. The average molecular weight is 305 g/mol. The highest BCUT2D eigenvalue weighted by molar-refractivity contribution is 6.33. The molecular weight excluding hydrogens is 288 g/mol. The Balaban J connectivity index is 1.66. The lowest BCUT2D eigenvalue weighted by molar-refractivity contribution is 0.0760. The highest BCUT2D eigenvalue weighted by Gasteiger charge is 2.23. The molecule has 6 heteroatoms. The number of carbonyl (C=O) groups excluding carboxylic acids is 1. The Labute approximate surface area is 128 Å². The maximum atomic E-state index is 12.4. The summed E-state index contributed by atoms with van der Waals surface area (Å²) in [6.45, 7) is 1.63. The predicted octanol–water partition coefficient (Wildman–Crippen LogP) is 2.27. The van der Waals surface area contributed by atoms with E-state index in [0.717, 1.165) is 31.8 Å². The second-order valence-electron chi connectivity index (χ2n) is 5.44. The summed E-state index contributed by atoms with van der Waals surface area (Å²) in [5, 5.41) is 0.398. The molecule has 5 nitrogen and oxygen atoms in total. The number of fused-ring (bicyclic) bond motifs is 1. The van der Waals surface area contributed by atoms with Crippen molar-refractivity contribution >= 4 is 17.5 Å². The van der Waals surface area contributed by atoms with Gasteiger partial charge < -0.3 is 9.47 Å². The van der Waals surface area contributed by atoms with E-state index in [1.54, 1.807) is 17.2 Å². The van der Waals surface area contributed by atoms with Gasteiger partial charge in [-0.3, -0.25) is 9.78 Å². The van der Waals surface area contributed by atoms with Gasteiger partial charge in [0, 0.05) is 51.3 Å². The molecule has 2 aromatic rings. The number of imidazole rings is 1. The number of pyridine rings is 1. The summed E-state index contributed by atoms with van der Waals surface area (Å²) in [5.74, 6) is 1.53. The highest BCUT2D eigenvalue weighted by Crippen LogP contribution is 2.21. The number of carbonyl (C=O) groups is 1. The summed E-state index contributed by atoms with van der Waals surface area (Å²) < 4.78 is 2.17. The van der Waals surface area contributed by atoms with Crippen molar-refractivity contribution in [3.63, 3.8) is 0 Å². The molecule has 0 bridgehead atoms. The lowest BCUT2D eigenvalue weighted by Crippen LogP contribution is -2.35. The van der Waals surface area contributed by atoms with Crippen molar-refractivity contribution in [2.45, 2.75) is 19.4 Å². The van der Waals surface area contributed by atoms with Crippen LogP contribution in [0.4, 0.5) is 0 Å². The van der Waals surface area contributed by atoms with Gasteiger partial charge >= 0.3 is 0 Å². The number of hydrogen-bond acceptors (Lipinski definition) is 3. The second kappa shape index (κ2) is 5.85. The van der Waals surface area contributed by atoms with Gasteiger partial charge in [-0.2, -0.15) is 0 Å². The molecule has 3 heterocycles. The molecule has 1 aliphatic heterocycles. The van der Waals surface area contributed by atoms with Crippen LogP contribution >= 0.6 is 11.6 Å². The van der Waals surface area contributed by atoms with Crippen LogP contribution in [0.1, 0.15) is 22.6 Å². The molecule has 1 aliphatic rings. The molecular formula is C15H17ClN4O. The molecule has 3 rings (SSSR count). The van der Waals surface area contributed by atoms with E-state index >= 15 is 0 Å². The standard InChI is InChI=1S/C15H17ClN4O/c1-19(15(21)12-4-5-17-8-13(12)16)9-11-2-3-14-18-6-7-20(14)10-11/h4-8,11H,2-3,9-10H2,1H3. The fourth-order valence-corrected chi connectivity index (χ4v) is 3.01. The van der Waals surface area contributed by atoms with Gasteiger partial charge in [0.15, 0.2) is 0 Å². The first-order chi connectivity index (χ1) is 10.1. The Hall–Kier alpha value is -1.88. The van der Waals surface area contributed by atoms with Crippen LogP contribution in [0.5, 0.6) is 0 Å². The smallest absolute Gasteiger partial charge is 0.255 e. The molecule has 0 fully saturated rings. The van der Waals surface area contributed by atoms with E-state index in [1.807, 2.05) is 19.4 Å². The third kappa shape index (κ3) is 2.93. The summed E-state index contributed by atoms with van der Waals surface area (Å²) in [6, 6.07) is 1.66. The highest BCUT2D eigenvalue weighted by atomic mass is 35.5. The van der Waals surface area contributed by atoms with Crippen LogP contribution in [0, 0.1) is 5.92 Å². The summed E-state index contributed by atoms with van der Waals surface area (Å²) in [5.41, 5.74) is 0.508. The molecule has 0 aliphatic carbocycles. The monoisotopic (exact) mass is 304 g/mol. The van der Waals surface area contributed by atoms with E-state index in [4.69, 9.17) is 11.6 Å². The van der Waals surface area contributed by atoms with Crippen molar-refractivity contribution in [2.24, 2.45) is 5.92 Å². The third-order valence-corrected chi connectivity index (χ3v) is 4.22. The fourth-order valence-electron chi connectivity index (χ4n) is 2.81. The van der Waals surface area contributed by atoms with Crippen LogP contribution in [0.3, 0.4) is 0 Å². The van der Waals surface area contributed by atoms with Crippen LogP contribution < -0.4 is 0 Å². The van der Waals surface area contributed by atoms with Gasteiger partial charge in [0.05, 0.1) is 10.6 Å². The van der Waals surface area contributed by atoms with E-state index in [2.05, 4.69) is 14.5 Å². The lowest BCUT2D eigenvalue weighted by Gasteiger charge is -2.28. The first kappa shape index (κ1) is 14.1. The Morgan fingerprint density at radius 3 is 3.19 bits per heavy atom. The van der Waals surface area contributed by atoms with Gasteiger partial charge in [0.1, 0.15) is 5.82 Å². The topological polar surface area (TPSA) is 51.0 Å². The predicted molar refractivity (Wildman–Crippen MR) is 80.2 cm³/mol. The molecule has 0 N–H and O–H groups in total. The molecule has 1 amide bonds. The molecule has 1 atom stereocenters. The van der Waals surface area contributed by atoms with Gasteiger partial charge in [0.2, 0.25) is 0 Å². The Morgan fingerprint density at radius 1 is 1.52 bits per heavy atom. The van der Waals surface area contributed by atoms with E-state index < -0.39 is 0 Å². The van der Waals surface area contributed by atoms with E-state index in [1.165, 1.54) is 6.20 Å². The molecule has 2 aromatic heterocycles. The molecule has 1 unspecified atom stereocenters. The molecule has 0 saturated heterocycles. The van der Waals surface area contributed by atoms with Crippen molar-refractivity contribution in [1.29, 1.82) is 0 Å². The summed E-state index contributed by atoms with van der Waals surface area (Å²) >= 11 is 6.04. The molecule has 21 heavy (non-hydrogen) atoms. The van der Waals surface area contributed by atoms with Gasteiger partial charge in [-0.1, -0.05) is 11.6 Å². The zero-order valence-electron chi connectivity index (χ0n) is 11.9. The van der Waals surface area contributed by atoms with E-state index in [-0.39, 0.29) is 5.91 Å². The Morgan fingerprint density at radius 2 is 2.38 bits per heavy atom. The van der Waals surface area contributed by atoms with E-state index in [0.29, 0.717) is 16.5 Å². The molecule has 0 radical (unpaired) electrons. The second-order valence-corrected chi connectivity index (χ2v) is 5.85. The minimum atomic E-state index is -0.0566. The first-order valence-corrected chi connectivity index (χ1v) is 7.38. The summed E-state index contributed by atoms with van der Waals surface area (Å²) in [7, 11) is 1.82. The number of halogens is 1. The van der Waals surface area contributed by atoms with Crippen molar-refractivity contribution < 1.29 is 4.79 Å². The summed E-state index contributed by atoms with van der Waals surface area (Å²) in [6.07, 6.45) is 8.95. The number of rotatable bonds is 3. The van der Waals surface area contributed by atoms with Crippen LogP contribution in [0.15, 0.2) is 30.9 Å². The van der Waals surface area contributed by atoms with Crippen LogP contribution in [-0.2, 0) is 13.0 Å². The van der Waals surface area contributed by atoms with Gasteiger partial charge in [0.25, 0.3) is 5.91 Å². The number of nitrogens with zero attached hydrogens (tertiary/aromatic N) is 4. The Bertz CT molecular complexity index is 655. The number of hydrogen-bond donors (Lipinski definition) is 0. The number of aromatic nitrogens is 3. The largest absolute Gasteiger partial charge is 0.341 e. The fraction of sp³-hybridized carbons (Fsp3) is 0.400. The number of amides is 1. The SMILES string of the molecule is CN(CC1CCc2nccn2C1)C(=O)c1ccncc1Cl. The zero-order chi connectivity index (χ0) is 14.8. The molecule has 0 spiro atoms. The van der Waals surface area contributed by atoms with Gasteiger partial charge in [-0.25, -0.2) is 4.98 Å². The minimum absolute atomic E-state index is 0.0566. The molecule has 0 saturated carbocycles. The van der Waals surface area contributed by atoms with Crippen LogP contribution in [-0.4, -0.2) is 38.9 Å². The van der Waals surface area contributed by atoms with Crippen molar-refractivity contribution in [3.8, 4) is 0 Å². The number of aryl methyl sites for hydroxylation is 1. The maximum Gasteiger partial charge on any atom is 0.255 e. The quantitative estimate of drug-likeness (QED) is 0.874. The third-order valence-electron chi connectivity index (χ3n) is 3.91. The lowest BCUT2D eigenvalue weighted by atomic mass is 9.98. The van der Waals surface area contributed by atoms with Crippen molar-refractivity contribution in [2.75, 3.05) is 13.6 Å². The first-order valence-electron chi connectivity index (χ1n) is 7.00. The Kier molecular flexibility index (Phi) is 3.92. The van der Waals surface area contributed by atoms with Crippen LogP contribution in [0.25, 0.3) is 0 Å². The summed E-state index contributed by atoms with van der Waals surface area (Å²) in [4.78, 5) is 22.4. The van der Waals surface area contributed by atoms with Gasteiger partial charge in [-0.05, 0) is 18.4 Å². The normalized spacial score (nSPS) is 17.3. The van der Waals surface area contributed by atoms with Crippen LogP contribution in [0.2, 0.25) is 5.02 Å².